The van der Waals surface area contributed by atoms with Gasteiger partial charge in [-0.1, -0.05) is 5.11 Å². The van der Waals surface area contributed by atoms with Crippen LogP contribution in [0.15, 0.2) is 28.0 Å². The third kappa shape index (κ3) is 3.17. The monoisotopic (exact) mass is 272 g/mol. The SMILES string of the molecule is [N-]=[N+]=NCC(O)C(O)c1ccncc1Br. The van der Waals surface area contributed by atoms with Gasteiger partial charge in [-0.3, -0.25) is 4.98 Å². The van der Waals surface area contributed by atoms with E-state index < -0.39 is 12.2 Å². The van der Waals surface area contributed by atoms with E-state index in [4.69, 9.17) is 5.53 Å². The summed E-state index contributed by atoms with van der Waals surface area (Å²) in [6.45, 7) is -0.174. The second-order valence-corrected chi connectivity index (χ2v) is 3.68. The minimum Gasteiger partial charge on any atom is -0.390 e. The molecule has 0 bridgehead atoms. The Morgan fingerprint density at radius 1 is 1.60 bits per heavy atom. The zero-order chi connectivity index (χ0) is 11.3. The Balaban J connectivity index is 2.79. The first kappa shape index (κ1) is 11.9. The summed E-state index contributed by atoms with van der Waals surface area (Å²) >= 11 is 3.20. The Kier molecular flexibility index (Phi) is 4.51. The summed E-state index contributed by atoms with van der Waals surface area (Å²) in [6, 6.07) is 1.58. The van der Waals surface area contributed by atoms with Gasteiger partial charge in [0.05, 0.1) is 12.6 Å². The van der Waals surface area contributed by atoms with Crippen LogP contribution in [-0.4, -0.2) is 27.8 Å². The van der Waals surface area contributed by atoms with Gasteiger partial charge in [-0.05, 0) is 27.5 Å². The topological polar surface area (TPSA) is 102 Å². The number of aliphatic hydroxyl groups is 2. The fraction of sp³-hybridized carbons (Fsp3) is 0.375. The van der Waals surface area contributed by atoms with Crippen LogP contribution in [0, 0.1) is 0 Å². The first-order valence-electron chi connectivity index (χ1n) is 4.13. The van der Waals surface area contributed by atoms with Crippen molar-refractivity contribution in [2.45, 2.75) is 12.2 Å². The number of azide groups is 1. The van der Waals surface area contributed by atoms with Crippen LogP contribution in [-0.2, 0) is 0 Å². The first-order valence-corrected chi connectivity index (χ1v) is 4.92. The van der Waals surface area contributed by atoms with Crippen molar-refractivity contribution >= 4 is 15.9 Å². The maximum atomic E-state index is 9.71. The highest BCUT2D eigenvalue weighted by molar-refractivity contribution is 9.10. The van der Waals surface area contributed by atoms with Crippen molar-refractivity contribution in [1.29, 1.82) is 0 Å². The summed E-state index contributed by atoms with van der Waals surface area (Å²) < 4.78 is 0.595. The lowest BCUT2D eigenvalue weighted by Crippen LogP contribution is -2.21. The molecule has 1 aromatic heterocycles. The molecule has 2 unspecified atom stereocenters. The van der Waals surface area contributed by atoms with Crippen LogP contribution in [0.4, 0.5) is 0 Å². The molecule has 15 heavy (non-hydrogen) atoms. The summed E-state index contributed by atoms with van der Waals surface area (Å²) in [4.78, 5) is 6.33. The molecule has 80 valence electrons. The maximum absolute atomic E-state index is 9.71. The van der Waals surface area contributed by atoms with E-state index in [1.165, 1.54) is 12.4 Å². The van der Waals surface area contributed by atoms with Crippen molar-refractivity contribution < 1.29 is 10.2 Å². The number of halogens is 1. The normalized spacial score (nSPS) is 14.1. The van der Waals surface area contributed by atoms with Crippen LogP contribution in [0.1, 0.15) is 11.7 Å². The van der Waals surface area contributed by atoms with E-state index >= 15 is 0 Å². The summed E-state index contributed by atoms with van der Waals surface area (Å²) in [5.74, 6) is 0. The van der Waals surface area contributed by atoms with Crippen LogP contribution >= 0.6 is 15.9 Å². The summed E-state index contributed by atoms with van der Waals surface area (Å²) in [7, 11) is 0. The Hall–Kier alpha value is -1.14. The average molecular weight is 273 g/mol. The van der Waals surface area contributed by atoms with Crippen molar-refractivity contribution in [1.82, 2.24) is 4.98 Å². The molecule has 0 saturated carbocycles. The first-order chi connectivity index (χ1) is 7.16. The molecule has 1 heterocycles. The van der Waals surface area contributed by atoms with Gasteiger partial charge in [0.2, 0.25) is 0 Å². The van der Waals surface area contributed by atoms with E-state index in [9.17, 15) is 10.2 Å². The quantitative estimate of drug-likeness (QED) is 0.494. The summed E-state index contributed by atoms with van der Waals surface area (Å²) in [5, 5.41) is 22.4. The molecule has 7 heteroatoms. The lowest BCUT2D eigenvalue weighted by atomic mass is 10.1. The third-order valence-electron chi connectivity index (χ3n) is 1.82. The van der Waals surface area contributed by atoms with Gasteiger partial charge in [0.25, 0.3) is 0 Å². The average Bonchev–Trinajstić information content (AvgIpc) is 2.25. The smallest absolute Gasteiger partial charge is 0.106 e. The molecule has 0 aliphatic rings. The molecule has 0 fully saturated rings. The Labute approximate surface area is 94.3 Å². The van der Waals surface area contributed by atoms with Crippen molar-refractivity contribution in [3.8, 4) is 0 Å². The predicted molar refractivity (Wildman–Crippen MR) is 56.9 cm³/mol. The van der Waals surface area contributed by atoms with Crippen molar-refractivity contribution in [2.75, 3.05) is 6.54 Å². The fourth-order valence-corrected chi connectivity index (χ4v) is 1.54. The van der Waals surface area contributed by atoms with Gasteiger partial charge >= 0.3 is 0 Å². The molecule has 6 nitrogen and oxygen atoms in total. The molecule has 2 atom stereocenters. The molecule has 0 aliphatic carbocycles. The van der Waals surface area contributed by atoms with E-state index in [0.29, 0.717) is 10.0 Å². The van der Waals surface area contributed by atoms with Gasteiger partial charge in [-0.2, -0.15) is 0 Å². The van der Waals surface area contributed by atoms with Crippen LogP contribution < -0.4 is 0 Å². The predicted octanol–water partition coefficient (Wildman–Crippen LogP) is 1.55. The van der Waals surface area contributed by atoms with Crippen LogP contribution in [0.2, 0.25) is 0 Å². The number of aromatic nitrogens is 1. The molecule has 0 amide bonds. The summed E-state index contributed by atoms with van der Waals surface area (Å²) in [5.41, 5.74) is 8.57. The number of hydrogen-bond acceptors (Lipinski definition) is 4. The largest absolute Gasteiger partial charge is 0.390 e. The van der Waals surface area contributed by atoms with Crippen molar-refractivity contribution in [2.24, 2.45) is 5.11 Å². The molecular weight excluding hydrogens is 264 g/mol. The van der Waals surface area contributed by atoms with Crippen LogP contribution in [0.5, 0.6) is 0 Å². The van der Waals surface area contributed by atoms with Gasteiger partial charge < -0.3 is 10.2 Å². The van der Waals surface area contributed by atoms with E-state index in [2.05, 4.69) is 30.9 Å². The van der Waals surface area contributed by atoms with Crippen molar-refractivity contribution in [3.63, 3.8) is 0 Å². The number of hydrogen-bond donors (Lipinski definition) is 2. The minimum atomic E-state index is -1.13. The molecule has 0 saturated heterocycles. The molecule has 0 aromatic carbocycles. The number of aliphatic hydroxyl groups excluding tert-OH is 2. The van der Waals surface area contributed by atoms with E-state index in [-0.39, 0.29) is 6.54 Å². The zero-order valence-electron chi connectivity index (χ0n) is 7.66. The van der Waals surface area contributed by atoms with Gasteiger partial charge in [0, 0.05) is 27.3 Å². The highest BCUT2D eigenvalue weighted by Crippen LogP contribution is 2.24. The molecule has 2 N–H and O–H groups in total. The third-order valence-corrected chi connectivity index (χ3v) is 2.48. The minimum absolute atomic E-state index is 0.174. The molecular formula is C8H9BrN4O2. The lowest BCUT2D eigenvalue weighted by molar-refractivity contribution is 0.0239. The molecule has 1 aromatic rings. The van der Waals surface area contributed by atoms with E-state index in [1.807, 2.05) is 0 Å². The van der Waals surface area contributed by atoms with E-state index in [0.717, 1.165) is 0 Å². The molecule has 0 aliphatic heterocycles. The highest BCUT2D eigenvalue weighted by Gasteiger charge is 2.19. The summed E-state index contributed by atoms with van der Waals surface area (Å²) in [6.07, 6.45) is 0.787. The molecule has 0 spiro atoms. The van der Waals surface area contributed by atoms with Gasteiger partial charge in [-0.25, -0.2) is 0 Å². The highest BCUT2D eigenvalue weighted by atomic mass is 79.9. The fourth-order valence-electron chi connectivity index (χ4n) is 1.05. The van der Waals surface area contributed by atoms with E-state index in [1.54, 1.807) is 6.07 Å². The Bertz CT molecular complexity index is 381. The number of rotatable bonds is 4. The number of pyridine rings is 1. The van der Waals surface area contributed by atoms with Crippen molar-refractivity contribution in [3.05, 3.63) is 38.9 Å². The Morgan fingerprint density at radius 3 is 2.93 bits per heavy atom. The van der Waals surface area contributed by atoms with Crippen LogP contribution in [0.3, 0.4) is 0 Å². The van der Waals surface area contributed by atoms with Crippen LogP contribution in [0.25, 0.3) is 10.4 Å². The Morgan fingerprint density at radius 2 is 2.33 bits per heavy atom. The molecule has 1 rings (SSSR count). The number of nitrogens with zero attached hydrogens (tertiary/aromatic N) is 4. The van der Waals surface area contributed by atoms with Gasteiger partial charge in [0.1, 0.15) is 6.10 Å². The molecule has 0 radical (unpaired) electrons. The van der Waals surface area contributed by atoms with Gasteiger partial charge in [0.15, 0.2) is 0 Å². The second-order valence-electron chi connectivity index (χ2n) is 2.82. The van der Waals surface area contributed by atoms with Gasteiger partial charge in [-0.15, -0.1) is 0 Å². The standard InChI is InChI=1S/C8H9BrN4O2/c9-6-3-11-2-1-5(6)8(15)7(14)4-12-13-10/h1-3,7-8,14-15H,4H2. The lowest BCUT2D eigenvalue weighted by Gasteiger charge is -2.16. The zero-order valence-corrected chi connectivity index (χ0v) is 9.24. The second kappa shape index (κ2) is 5.67. The maximum Gasteiger partial charge on any atom is 0.106 e.